The van der Waals surface area contributed by atoms with E-state index in [9.17, 15) is 14.7 Å². The van der Waals surface area contributed by atoms with Gasteiger partial charge in [0.1, 0.15) is 0 Å². The van der Waals surface area contributed by atoms with E-state index in [4.69, 9.17) is 4.74 Å². The highest BCUT2D eigenvalue weighted by Crippen LogP contribution is 2.46. The highest BCUT2D eigenvalue weighted by Gasteiger charge is 2.42. The van der Waals surface area contributed by atoms with Crippen molar-refractivity contribution in [3.8, 4) is 0 Å². The molecule has 0 unspecified atom stereocenters. The number of rotatable bonds is 8. The van der Waals surface area contributed by atoms with E-state index in [0.29, 0.717) is 23.4 Å². The molecular weight excluding hydrogens is 426 g/mol. The van der Waals surface area contributed by atoms with Crippen LogP contribution < -0.4 is 0 Å². The van der Waals surface area contributed by atoms with Crippen LogP contribution in [0.3, 0.4) is 0 Å². The zero-order valence-corrected chi connectivity index (χ0v) is 20.7. The van der Waals surface area contributed by atoms with Crippen LogP contribution in [0.25, 0.3) is 0 Å². The molecule has 2 heterocycles. The van der Waals surface area contributed by atoms with Gasteiger partial charge >= 0.3 is 5.97 Å². The van der Waals surface area contributed by atoms with Crippen molar-refractivity contribution in [3.63, 3.8) is 0 Å². The van der Waals surface area contributed by atoms with Gasteiger partial charge in [0.2, 0.25) is 0 Å². The Morgan fingerprint density at radius 1 is 1.24 bits per heavy atom. The fourth-order valence-corrected chi connectivity index (χ4v) is 6.26. The maximum Gasteiger partial charge on any atom is 0.308 e. The Morgan fingerprint density at radius 3 is 2.76 bits per heavy atom. The van der Waals surface area contributed by atoms with E-state index in [1.807, 2.05) is 18.3 Å². The number of hydrogen-bond acceptors (Lipinski definition) is 3. The van der Waals surface area contributed by atoms with E-state index in [1.54, 1.807) is 6.92 Å². The van der Waals surface area contributed by atoms with Gasteiger partial charge in [0.05, 0.1) is 23.8 Å². The fourth-order valence-electron chi connectivity index (χ4n) is 6.26. The number of carboxylic acids is 1. The SMILES string of the molecule is CC/C(=C/C=C/[C@@H]1C=C[C@@H]2CCC[C@@H]2[C@@H]1C(=O)c1ccc[nH]1)[C@@H]1O[C@H]([C@@H](C)C(=O)O)CC[C@H]1C. The molecule has 0 bridgehead atoms. The van der Waals surface area contributed by atoms with E-state index in [2.05, 4.69) is 49.2 Å². The van der Waals surface area contributed by atoms with Crippen molar-refractivity contribution in [1.29, 1.82) is 0 Å². The molecule has 1 aliphatic heterocycles. The molecule has 1 aromatic heterocycles. The van der Waals surface area contributed by atoms with Crippen molar-refractivity contribution in [2.75, 3.05) is 0 Å². The van der Waals surface area contributed by atoms with E-state index < -0.39 is 11.9 Å². The van der Waals surface area contributed by atoms with Gasteiger partial charge in [-0.25, -0.2) is 0 Å². The lowest BCUT2D eigenvalue weighted by atomic mass is 9.69. The van der Waals surface area contributed by atoms with E-state index in [1.165, 1.54) is 18.4 Å². The Balaban J connectivity index is 1.53. The van der Waals surface area contributed by atoms with E-state index >= 15 is 0 Å². The lowest BCUT2D eigenvalue weighted by Crippen LogP contribution is -2.40. The van der Waals surface area contributed by atoms with Crippen LogP contribution in [0, 0.1) is 35.5 Å². The predicted molar refractivity (Wildman–Crippen MR) is 133 cm³/mol. The molecule has 0 aromatic carbocycles. The number of ether oxygens (including phenoxy) is 1. The summed E-state index contributed by atoms with van der Waals surface area (Å²) < 4.78 is 6.33. The molecule has 2 N–H and O–H groups in total. The Kier molecular flexibility index (Phi) is 7.92. The molecule has 1 saturated heterocycles. The molecule has 1 saturated carbocycles. The number of allylic oxidation sites excluding steroid dienone is 5. The average molecular weight is 466 g/mol. The second-order valence-corrected chi connectivity index (χ2v) is 10.5. The first kappa shape index (κ1) is 24.7. The Hall–Kier alpha value is -2.40. The smallest absolute Gasteiger partial charge is 0.308 e. The molecule has 4 rings (SSSR count). The van der Waals surface area contributed by atoms with Gasteiger partial charge < -0.3 is 14.8 Å². The number of aliphatic carboxylic acids is 1. The number of carboxylic acid groups (broad SMARTS) is 1. The third-order valence-electron chi connectivity index (χ3n) is 8.36. The van der Waals surface area contributed by atoms with Gasteiger partial charge in [-0.05, 0) is 74.5 Å². The van der Waals surface area contributed by atoms with Crippen molar-refractivity contribution in [2.24, 2.45) is 35.5 Å². The van der Waals surface area contributed by atoms with E-state index in [-0.39, 0.29) is 29.8 Å². The van der Waals surface area contributed by atoms with Crippen molar-refractivity contribution in [2.45, 2.75) is 71.5 Å². The number of carbonyl (C=O) groups excluding carboxylic acids is 1. The summed E-state index contributed by atoms with van der Waals surface area (Å²) in [6, 6.07) is 3.78. The third-order valence-corrected chi connectivity index (χ3v) is 8.36. The van der Waals surface area contributed by atoms with Crippen molar-refractivity contribution in [1.82, 2.24) is 4.98 Å². The first-order valence-corrected chi connectivity index (χ1v) is 13.0. The number of carbonyl (C=O) groups is 2. The van der Waals surface area contributed by atoms with Crippen molar-refractivity contribution in [3.05, 3.63) is 60.0 Å². The number of hydrogen-bond donors (Lipinski definition) is 2. The second-order valence-electron chi connectivity index (χ2n) is 10.5. The molecule has 8 atom stereocenters. The van der Waals surface area contributed by atoms with Crippen LogP contribution in [0.2, 0.25) is 0 Å². The first-order valence-electron chi connectivity index (χ1n) is 13.0. The summed E-state index contributed by atoms with van der Waals surface area (Å²) in [7, 11) is 0. The molecule has 2 aliphatic carbocycles. The topological polar surface area (TPSA) is 79.4 Å². The standard InChI is InChI=1S/C29H39NO4/c1-4-20(28-18(2)13-16-25(34-28)19(3)29(32)33)8-5-10-22-15-14-21-9-6-11-23(21)26(22)27(31)24-12-7-17-30-24/h5,7-8,10,12,14-15,17-19,21-23,25-26,28,30H,4,6,9,11,13,16H2,1-3H3,(H,32,33)/b10-5+,20-8-/t18-,19-,21+,22-,23+,25+,26-,28-/m1/s1. The maximum atomic E-state index is 13.4. The van der Waals surface area contributed by atoms with Crippen LogP contribution in [0.4, 0.5) is 0 Å². The number of aromatic amines is 1. The quantitative estimate of drug-likeness (QED) is 0.272. The maximum absolute atomic E-state index is 13.4. The van der Waals surface area contributed by atoms with E-state index in [0.717, 1.165) is 25.7 Å². The summed E-state index contributed by atoms with van der Waals surface area (Å²) in [5.41, 5.74) is 1.90. The number of fused-ring (bicyclic) bond motifs is 1. The molecule has 2 fully saturated rings. The van der Waals surface area contributed by atoms with Gasteiger partial charge in [-0.15, -0.1) is 0 Å². The minimum atomic E-state index is -0.799. The average Bonchev–Trinajstić information content (AvgIpc) is 3.53. The molecule has 34 heavy (non-hydrogen) atoms. The minimum absolute atomic E-state index is 0.0310. The predicted octanol–water partition coefficient (Wildman–Crippen LogP) is 6.21. The van der Waals surface area contributed by atoms with Crippen LogP contribution in [-0.2, 0) is 9.53 Å². The molecule has 1 aromatic rings. The van der Waals surface area contributed by atoms with Crippen LogP contribution in [0.1, 0.15) is 69.8 Å². The number of nitrogens with one attached hydrogen (secondary N) is 1. The van der Waals surface area contributed by atoms with Gasteiger partial charge in [-0.3, -0.25) is 9.59 Å². The molecule has 3 aliphatic rings. The van der Waals surface area contributed by atoms with Gasteiger partial charge in [0.25, 0.3) is 0 Å². The van der Waals surface area contributed by atoms with Gasteiger partial charge in [-0.1, -0.05) is 50.6 Å². The minimum Gasteiger partial charge on any atom is -0.481 e. The number of Topliss-reactive ketones (excluding diaryl/α,β-unsaturated/α-hetero) is 1. The lowest BCUT2D eigenvalue weighted by Gasteiger charge is -2.37. The molecule has 5 heteroatoms. The molecule has 0 amide bonds. The van der Waals surface area contributed by atoms with Crippen molar-refractivity contribution >= 4 is 11.8 Å². The first-order chi connectivity index (χ1) is 16.4. The highest BCUT2D eigenvalue weighted by molar-refractivity contribution is 5.97. The van der Waals surface area contributed by atoms with Crippen LogP contribution >= 0.6 is 0 Å². The monoisotopic (exact) mass is 465 g/mol. The van der Waals surface area contributed by atoms with Crippen LogP contribution in [-0.4, -0.2) is 34.1 Å². The zero-order valence-electron chi connectivity index (χ0n) is 20.7. The van der Waals surface area contributed by atoms with Crippen LogP contribution in [0.15, 0.2) is 54.3 Å². The molecule has 5 nitrogen and oxygen atoms in total. The van der Waals surface area contributed by atoms with Crippen molar-refractivity contribution < 1.29 is 19.4 Å². The fraction of sp³-hybridized carbons (Fsp3) is 0.586. The summed E-state index contributed by atoms with van der Waals surface area (Å²) in [6.45, 7) is 6.05. The van der Waals surface area contributed by atoms with Gasteiger partial charge in [-0.2, -0.15) is 0 Å². The molecule has 0 radical (unpaired) electrons. The Morgan fingerprint density at radius 2 is 2.06 bits per heavy atom. The summed E-state index contributed by atoms with van der Waals surface area (Å²) in [6.07, 6.45) is 18.6. The summed E-state index contributed by atoms with van der Waals surface area (Å²) >= 11 is 0. The largest absolute Gasteiger partial charge is 0.481 e. The Labute approximate surface area is 203 Å². The van der Waals surface area contributed by atoms with Crippen LogP contribution in [0.5, 0.6) is 0 Å². The zero-order chi connectivity index (χ0) is 24.2. The molecule has 184 valence electrons. The van der Waals surface area contributed by atoms with Gasteiger partial charge in [0.15, 0.2) is 5.78 Å². The molecule has 0 spiro atoms. The number of H-pyrrole nitrogens is 1. The Bertz CT molecular complexity index is 943. The lowest BCUT2D eigenvalue weighted by molar-refractivity contribution is -0.152. The summed E-state index contributed by atoms with van der Waals surface area (Å²) in [4.78, 5) is 28.0. The number of aromatic nitrogens is 1. The highest BCUT2D eigenvalue weighted by atomic mass is 16.5. The number of ketones is 1. The molecular formula is C29H39NO4. The second kappa shape index (κ2) is 10.9. The third kappa shape index (κ3) is 5.14. The van der Waals surface area contributed by atoms with Gasteiger partial charge in [0, 0.05) is 18.0 Å². The normalized spacial score (nSPS) is 34.8. The summed E-state index contributed by atoms with van der Waals surface area (Å²) in [5.74, 6) is 0.237. The summed E-state index contributed by atoms with van der Waals surface area (Å²) in [5, 5.41) is 9.43.